The normalized spacial score (nSPS) is 12.1. The summed E-state index contributed by atoms with van der Waals surface area (Å²) in [5.74, 6) is -0.237. The number of aromatic amines is 1. The molecular weight excluding hydrogens is 498 g/mol. The van der Waals surface area contributed by atoms with Crippen LogP contribution < -0.4 is 16.2 Å². The minimum atomic E-state index is -0.974. The van der Waals surface area contributed by atoms with Crippen molar-refractivity contribution >= 4 is 34.5 Å². The van der Waals surface area contributed by atoms with Crippen LogP contribution in [0.3, 0.4) is 0 Å². The lowest BCUT2D eigenvalue weighted by Crippen LogP contribution is -2.44. The number of pyridine rings is 1. The Morgan fingerprint density at radius 1 is 1.15 bits per heavy atom. The Labute approximate surface area is 228 Å². The van der Waals surface area contributed by atoms with Gasteiger partial charge < -0.3 is 29.8 Å². The third-order valence-electron chi connectivity index (χ3n) is 6.16. The van der Waals surface area contributed by atoms with E-state index in [2.05, 4.69) is 40.3 Å². The van der Waals surface area contributed by atoms with Crippen LogP contribution in [0.2, 0.25) is 0 Å². The molecule has 1 atom stereocenters. The standard InChI is InChI=1S/C29H37N5O5/c1-19(2)16-20-10-8-11-21-17-22(30-26(20)21)18-34-15-9-13-24(28(34)37)31-27(36)23(32-29(38)39-5)12-6-7-14-25(35)33(3)4/h7-11,13-15,17,19,23,30H,6,12,16,18H2,1-5H3,(H,31,36)(H,32,38)/b14-7+/t23-/m0/s1. The molecule has 2 aromatic heterocycles. The van der Waals surface area contributed by atoms with Gasteiger partial charge in [-0.2, -0.15) is 0 Å². The number of nitrogens with zero attached hydrogens (tertiary/aromatic N) is 2. The molecule has 39 heavy (non-hydrogen) atoms. The number of carbonyl (C=O) groups is 3. The summed E-state index contributed by atoms with van der Waals surface area (Å²) >= 11 is 0. The van der Waals surface area contributed by atoms with Crippen LogP contribution in [-0.2, 0) is 27.3 Å². The number of amides is 3. The fourth-order valence-corrected chi connectivity index (χ4v) is 4.20. The molecule has 0 spiro atoms. The number of para-hydroxylation sites is 1. The molecule has 3 rings (SSSR count). The molecule has 10 heteroatoms. The number of nitrogens with one attached hydrogen (secondary N) is 3. The third-order valence-corrected chi connectivity index (χ3v) is 6.16. The number of rotatable bonds is 11. The Morgan fingerprint density at radius 2 is 1.92 bits per heavy atom. The number of ether oxygens (including phenoxy) is 1. The number of anilines is 1. The quantitative estimate of drug-likeness (QED) is 0.323. The van der Waals surface area contributed by atoms with Crippen LogP contribution >= 0.6 is 0 Å². The van der Waals surface area contributed by atoms with Crippen LogP contribution in [0.1, 0.15) is 37.9 Å². The molecule has 0 unspecified atom stereocenters. The first kappa shape index (κ1) is 29.2. The van der Waals surface area contributed by atoms with E-state index in [1.165, 1.54) is 34.3 Å². The van der Waals surface area contributed by atoms with Gasteiger partial charge in [-0.15, -0.1) is 0 Å². The zero-order valence-electron chi connectivity index (χ0n) is 23.1. The maximum absolute atomic E-state index is 13.2. The van der Waals surface area contributed by atoms with Crippen molar-refractivity contribution in [2.24, 2.45) is 5.92 Å². The Balaban J connectivity index is 1.75. The molecule has 3 amide bonds. The summed E-state index contributed by atoms with van der Waals surface area (Å²) < 4.78 is 6.16. The van der Waals surface area contributed by atoms with E-state index >= 15 is 0 Å². The van der Waals surface area contributed by atoms with Gasteiger partial charge >= 0.3 is 6.09 Å². The SMILES string of the molecule is COC(=O)N[C@@H](CC/C=C/C(=O)N(C)C)C(=O)Nc1cccn(Cc2cc3cccc(CC(C)C)c3[nH]2)c1=O. The number of fused-ring (bicyclic) bond motifs is 1. The van der Waals surface area contributed by atoms with Crippen molar-refractivity contribution in [1.82, 2.24) is 19.8 Å². The van der Waals surface area contributed by atoms with Gasteiger partial charge in [-0.05, 0) is 60.4 Å². The fourth-order valence-electron chi connectivity index (χ4n) is 4.20. The monoisotopic (exact) mass is 535 g/mol. The number of H-pyrrole nitrogens is 1. The summed E-state index contributed by atoms with van der Waals surface area (Å²) in [5.41, 5.74) is 2.88. The van der Waals surface area contributed by atoms with E-state index < -0.39 is 18.0 Å². The van der Waals surface area contributed by atoms with Crippen LogP contribution in [0, 0.1) is 5.92 Å². The molecule has 0 radical (unpaired) electrons. The summed E-state index contributed by atoms with van der Waals surface area (Å²) in [6, 6.07) is 10.4. The molecule has 0 aliphatic carbocycles. The fraction of sp³-hybridized carbons (Fsp3) is 0.379. The van der Waals surface area contributed by atoms with E-state index in [1.807, 2.05) is 18.2 Å². The highest BCUT2D eigenvalue weighted by Gasteiger charge is 2.22. The van der Waals surface area contributed by atoms with Gasteiger partial charge in [0.25, 0.3) is 5.56 Å². The summed E-state index contributed by atoms with van der Waals surface area (Å²) in [7, 11) is 4.47. The van der Waals surface area contributed by atoms with Gasteiger partial charge in [-0.1, -0.05) is 38.1 Å². The van der Waals surface area contributed by atoms with Crippen molar-refractivity contribution in [3.05, 3.63) is 76.4 Å². The van der Waals surface area contributed by atoms with Crippen LogP contribution in [0.4, 0.5) is 10.5 Å². The molecule has 0 fully saturated rings. The minimum absolute atomic E-state index is 0.0918. The molecule has 208 valence electrons. The Kier molecular flexibility index (Phi) is 10.1. The van der Waals surface area contributed by atoms with E-state index in [1.54, 1.807) is 32.4 Å². The van der Waals surface area contributed by atoms with Crippen molar-refractivity contribution < 1.29 is 19.1 Å². The van der Waals surface area contributed by atoms with Crippen LogP contribution in [0.25, 0.3) is 10.9 Å². The van der Waals surface area contributed by atoms with Crippen molar-refractivity contribution in [2.45, 2.75) is 45.7 Å². The number of methoxy groups -OCH3 is 1. The number of carbonyl (C=O) groups excluding carboxylic acids is 3. The van der Waals surface area contributed by atoms with E-state index in [-0.39, 0.29) is 23.6 Å². The van der Waals surface area contributed by atoms with Gasteiger partial charge in [-0.3, -0.25) is 14.4 Å². The molecule has 0 bridgehead atoms. The van der Waals surface area contributed by atoms with E-state index in [0.717, 1.165) is 23.0 Å². The number of benzene rings is 1. The van der Waals surface area contributed by atoms with Crippen LogP contribution in [0.5, 0.6) is 0 Å². The number of aromatic nitrogens is 2. The van der Waals surface area contributed by atoms with E-state index in [4.69, 9.17) is 0 Å². The molecule has 0 aliphatic rings. The van der Waals surface area contributed by atoms with Crippen molar-refractivity contribution in [2.75, 3.05) is 26.5 Å². The number of likely N-dealkylation sites (N-methyl/N-ethyl adjacent to an activating group) is 1. The molecule has 1 aromatic carbocycles. The van der Waals surface area contributed by atoms with Crippen molar-refractivity contribution in [3.8, 4) is 0 Å². The third kappa shape index (κ3) is 8.07. The smallest absolute Gasteiger partial charge is 0.407 e. The van der Waals surface area contributed by atoms with Gasteiger partial charge in [0.05, 0.1) is 13.7 Å². The highest BCUT2D eigenvalue weighted by Crippen LogP contribution is 2.22. The Bertz CT molecular complexity index is 1400. The maximum Gasteiger partial charge on any atom is 0.407 e. The Morgan fingerprint density at radius 3 is 2.62 bits per heavy atom. The predicted molar refractivity (Wildman–Crippen MR) is 152 cm³/mol. The molecule has 3 N–H and O–H groups in total. The predicted octanol–water partition coefficient (Wildman–Crippen LogP) is 3.66. The number of allylic oxidation sites excluding steroid dienone is 1. The number of hydrogen-bond donors (Lipinski definition) is 3. The summed E-state index contributed by atoms with van der Waals surface area (Å²) in [4.78, 5) is 54.7. The Hall–Kier alpha value is -4.34. The second-order valence-electron chi connectivity index (χ2n) is 10.0. The molecule has 2 heterocycles. The second kappa shape index (κ2) is 13.5. The zero-order chi connectivity index (χ0) is 28.5. The van der Waals surface area contributed by atoms with E-state index in [0.29, 0.717) is 18.9 Å². The molecular formula is C29H37N5O5. The lowest BCUT2D eigenvalue weighted by Gasteiger charge is -2.17. The molecule has 0 aliphatic heterocycles. The van der Waals surface area contributed by atoms with Gasteiger partial charge in [0.1, 0.15) is 11.7 Å². The van der Waals surface area contributed by atoms with Gasteiger partial charge in [0.2, 0.25) is 11.8 Å². The second-order valence-corrected chi connectivity index (χ2v) is 10.0. The van der Waals surface area contributed by atoms with Gasteiger partial charge in [0, 0.05) is 31.5 Å². The molecule has 0 saturated carbocycles. The van der Waals surface area contributed by atoms with Gasteiger partial charge in [-0.25, -0.2) is 4.79 Å². The molecule has 3 aromatic rings. The topological polar surface area (TPSA) is 126 Å². The highest BCUT2D eigenvalue weighted by atomic mass is 16.5. The van der Waals surface area contributed by atoms with Crippen molar-refractivity contribution in [1.29, 1.82) is 0 Å². The summed E-state index contributed by atoms with van der Waals surface area (Å²) in [6.07, 6.45) is 5.41. The average molecular weight is 536 g/mol. The molecule has 0 saturated heterocycles. The first-order chi connectivity index (χ1) is 18.6. The minimum Gasteiger partial charge on any atom is -0.453 e. The zero-order valence-corrected chi connectivity index (χ0v) is 23.1. The maximum atomic E-state index is 13.2. The lowest BCUT2D eigenvalue weighted by atomic mass is 10.0. The first-order valence-corrected chi connectivity index (χ1v) is 12.9. The molecule has 10 nitrogen and oxygen atoms in total. The first-order valence-electron chi connectivity index (χ1n) is 12.9. The van der Waals surface area contributed by atoms with Crippen molar-refractivity contribution in [3.63, 3.8) is 0 Å². The van der Waals surface area contributed by atoms with Crippen LogP contribution in [-0.4, -0.2) is 59.6 Å². The lowest BCUT2D eigenvalue weighted by molar-refractivity contribution is -0.123. The van der Waals surface area contributed by atoms with Crippen LogP contribution in [0.15, 0.2) is 59.5 Å². The van der Waals surface area contributed by atoms with E-state index in [9.17, 15) is 19.2 Å². The largest absolute Gasteiger partial charge is 0.453 e. The number of hydrogen-bond acceptors (Lipinski definition) is 5. The summed E-state index contributed by atoms with van der Waals surface area (Å²) in [6.45, 7) is 4.65. The highest BCUT2D eigenvalue weighted by molar-refractivity contribution is 5.96. The number of alkyl carbamates (subject to hydrolysis) is 1. The average Bonchev–Trinajstić information content (AvgIpc) is 3.31. The van der Waals surface area contributed by atoms with Gasteiger partial charge in [0.15, 0.2) is 0 Å². The summed E-state index contributed by atoms with van der Waals surface area (Å²) in [5, 5.41) is 6.21.